The molecule has 1 aromatic rings. The Hall–Kier alpha value is -1.60. The molecule has 0 saturated carbocycles. The fourth-order valence-electron chi connectivity index (χ4n) is 1.48. The van der Waals surface area contributed by atoms with Crippen molar-refractivity contribution < 1.29 is 17.9 Å². The molecule has 0 radical (unpaired) electrons. The van der Waals surface area contributed by atoms with Gasteiger partial charge >= 0.3 is 0 Å². The fourth-order valence-corrected chi connectivity index (χ4v) is 2.37. The number of anilines is 1. The summed E-state index contributed by atoms with van der Waals surface area (Å²) in [6.07, 6.45) is 0. The normalized spacial score (nSPS) is 11.1. The summed E-state index contributed by atoms with van der Waals surface area (Å²) in [6, 6.07) is 6.35. The Labute approximate surface area is 119 Å². The molecule has 0 aliphatic rings. The number of nitrogens with one attached hydrogen (secondary N) is 2. The molecule has 0 aliphatic heterocycles. The number of carbonyl (C=O) groups excluding carboxylic acids is 1. The van der Waals surface area contributed by atoms with Crippen molar-refractivity contribution in [1.29, 1.82) is 0 Å². The second-order valence-corrected chi connectivity index (χ2v) is 6.40. The Bertz CT molecular complexity index is 526. The highest BCUT2D eigenvalue weighted by Crippen LogP contribution is 2.14. The van der Waals surface area contributed by atoms with Gasteiger partial charge in [-0.2, -0.15) is 0 Å². The number of carbonyl (C=O) groups is 1. The van der Waals surface area contributed by atoms with Crippen LogP contribution in [0.25, 0.3) is 0 Å². The molecule has 0 fully saturated rings. The van der Waals surface area contributed by atoms with Crippen LogP contribution >= 0.6 is 0 Å². The summed E-state index contributed by atoms with van der Waals surface area (Å²) >= 11 is 0. The van der Waals surface area contributed by atoms with Crippen molar-refractivity contribution in [3.05, 3.63) is 24.3 Å². The Morgan fingerprint density at radius 3 is 2.45 bits per heavy atom. The largest absolute Gasteiger partial charge is 0.383 e. The van der Waals surface area contributed by atoms with Crippen molar-refractivity contribution in [1.82, 2.24) is 5.32 Å². The van der Waals surface area contributed by atoms with Gasteiger partial charge in [-0.25, -0.2) is 8.42 Å². The molecule has 20 heavy (non-hydrogen) atoms. The lowest BCUT2D eigenvalue weighted by Gasteiger charge is -2.08. The monoisotopic (exact) mass is 300 g/mol. The smallest absolute Gasteiger partial charge is 0.239 e. The maximum Gasteiger partial charge on any atom is 0.239 e. The first-order valence-electron chi connectivity index (χ1n) is 6.32. The zero-order valence-electron chi connectivity index (χ0n) is 11.7. The van der Waals surface area contributed by atoms with Crippen molar-refractivity contribution in [2.45, 2.75) is 11.8 Å². The van der Waals surface area contributed by atoms with Gasteiger partial charge in [0.1, 0.15) is 0 Å². The van der Waals surface area contributed by atoms with Crippen molar-refractivity contribution in [3.63, 3.8) is 0 Å². The van der Waals surface area contributed by atoms with Crippen LogP contribution in [0.4, 0.5) is 5.69 Å². The molecule has 7 heteroatoms. The van der Waals surface area contributed by atoms with Crippen LogP contribution in [0.1, 0.15) is 6.92 Å². The number of hydrogen-bond donors (Lipinski definition) is 2. The Morgan fingerprint density at radius 1 is 1.25 bits per heavy atom. The van der Waals surface area contributed by atoms with Crippen molar-refractivity contribution in [2.24, 2.45) is 0 Å². The lowest BCUT2D eigenvalue weighted by molar-refractivity contribution is -0.119. The van der Waals surface area contributed by atoms with E-state index in [2.05, 4.69) is 10.6 Å². The summed E-state index contributed by atoms with van der Waals surface area (Å²) in [5, 5.41) is 5.60. The van der Waals surface area contributed by atoms with E-state index in [4.69, 9.17) is 4.74 Å². The molecule has 0 spiro atoms. The first-order chi connectivity index (χ1) is 9.49. The number of rotatable bonds is 8. The van der Waals surface area contributed by atoms with Crippen LogP contribution in [0.15, 0.2) is 29.2 Å². The van der Waals surface area contributed by atoms with Crippen LogP contribution in [0.3, 0.4) is 0 Å². The quantitative estimate of drug-likeness (QED) is 0.689. The third-order valence-corrected chi connectivity index (χ3v) is 4.43. The van der Waals surface area contributed by atoms with E-state index in [0.717, 1.165) is 0 Å². The van der Waals surface area contributed by atoms with Crippen LogP contribution in [0.2, 0.25) is 0 Å². The van der Waals surface area contributed by atoms with E-state index in [0.29, 0.717) is 18.8 Å². The highest BCUT2D eigenvalue weighted by atomic mass is 32.2. The lowest BCUT2D eigenvalue weighted by Crippen LogP contribution is -2.32. The van der Waals surface area contributed by atoms with Crippen LogP contribution in [0.5, 0.6) is 0 Å². The number of amides is 1. The topological polar surface area (TPSA) is 84.5 Å². The minimum Gasteiger partial charge on any atom is -0.383 e. The predicted octanol–water partition coefficient (Wildman–Crippen LogP) is 0.655. The van der Waals surface area contributed by atoms with Gasteiger partial charge in [-0.1, -0.05) is 6.92 Å². The van der Waals surface area contributed by atoms with Gasteiger partial charge in [-0.15, -0.1) is 0 Å². The highest BCUT2D eigenvalue weighted by molar-refractivity contribution is 7.91. The molecule has 0 bridgehead atoms. The van der Waals surface area contributed by atoms with Gasteiger partial charge in [-0.3, -0.25) is 4.79 Å². The molecule has 112 valence electrons. The molecule has 0 saturated heterocycles. The van der Waals surface area contributed by atoms with Gasteiger partial charge in [-0.05, 0) is 24.3 Å². The van der Waals surface area contributed by atoms with Crippen LogP contribution in [0, 0.1) is 0 Å². The lowest BCUT2D eigenvalue weighted by atomic mass is 10.3. The summed E-state index contributed by atoms with van der Waals surface area (Å²) in [5.41, 5.74) is 0.696. The third kappa shape index (κ3) is 5.18. The molecule has 6 nitrogen and oxygen atoms in total. The number of methoxy groups -OCH3 is 1. The molecule has 0 aromatic heterocycles. The van der Waals surface area contributed by atoms with E-state index >= 15 is 0 Å². The van der Waals surface area contributed by atoms with E-state index in [9.17, 15) is 13.2 Å². The van der Waals surface area contributed by atoms with Gasteiger partial charge < -0.3 is 15.4 Å². The molecule has 0 aliphatic carbocycles. The first-order valence-corrected chi connectivity index (χ1v) is 7.97. The van der Waals surface area contributed by atoms with Crippen LogP contribution in [-0.2, 0) is 19.4 Å². The maximum atomic E-state index is 11.6. The molecule has 0 unspecified atom stereocenters. The number of sulfone groups is 1. The Kier molecular flexibility index (Phi) is 6.47. The third-order valence-electron chi connectivity index (χ3n) is 2.67. The van der Waals surface area contributed by atoms with Crippen molar-refractivity contribution in [2.75, 3.05) is 37.9 Å². The molecular weight excluding hydrogens is 280 g/mol. The van der Waals surface area contributed by atoms with Crippen molar-refractivity contribution in [3.8, 4) is 0 Å². The maximum absolute atomic E-state index is 11.6. The van der Waals surface area contributed by atoms with Crippen LogP contribution < -0.4 is 10.6 Å². The average molecular weight is 300 g/mol. The average Bonchev–Trinajstić information content (AvgIpc) is 2.46. The summed E-state index contributed by atoms with van der Waals surface area (Å²) in [7, 11) is -1.62. The fraction of sp³-hybridized carbons (Fsp3) is 0.462. The Balaban J connectivity index is 2.48. The van der Waals surface area contributed by atoms with Gasteiger partial charge in [0.2, 0.25) is 5.91 Å². The minimum absolute atomic E-state index is 0.0711. The molecule has 0 atom stereocenters. The molecule has 1 amide bonds. The molecule has 0 heterocycles. The number of benzene rings is 1. The zero-order valence-corrected chi connectivity index (χ0v) is 12.5. The summed E-state index contributed by atoms with van der Waals surface area (Å²) in [5.74, 6) is -0.0749. The predicted molar refractivity (Wildman–Crippen MR) is 77.5 cm³/mol. The molecular formula is C13H20N2O4S. The molecule has 2 N–H and O–H groups in total. The first kappa shape index (κ1) is 16.5. The second kappa shape index (κ2) is 7.86. The zero-order chi connectivity index (χ0) is 15.0. The van der Waals surface area contributed by atoms with Gasteiger partial charge in [0.25, 0.3) is 0 Å². The standard InChI is InChI=1S/C13H20N2O4S/c1-3-20(17,18)12-6-4-11(5-7-12)15-10-13(16)14-8-9-19-2/h4-7,15H,3,8-10H2,1-2H3,(H,14,16). The van der Waals surface area contributed by atoms with E-state index < -0.39 is 9.84 Å². The van der Waals surface area contributed by atoms with E-state index in [1.165, 1.54) is 12.1 Å². The number of hydrogen-bond acceptors (Lipinski definition) is 5. The van der Waals surface area contributed by atoms with E-state index in [1.807, 2.05) is 0 Å². The minimum atomic E-state index is -3.18. The van der Waals surface area contributed by atoms with E-state index in [-0.39, 0.29) is 23.1 Å². The summed E-state index contributed by atoms with van der Waals surface area (Å²) < 4.78 is 28.1. The SMILES string of the molecule is CCS(=O)(=O)c1ccc(NCC(=O)NCCOC)cc1. The summed E-state index contributed by atoms with van der Waals surface area (Å²) in [6.45, 7) is 2.66. The highest BCUT2D eigenvalue weighted by Gasteiger charge is 2.10. The van der Waals surface area contributed by atoms with E-state index in [1.54, 1.807) is 26.2 Å². The van der Waals surface area contributed by atoms with Gasteiger partial charge in [0.15, 0.2) is 9.84 Å². The Morgan fingerprint density at radius 2 is 1.90 bits per heavy atom. The number of ether oxygens (including phenoxy) is 1. The van der Waals surface area contributed by atoms with Crippen molar-refractivity contribution >= 4 is 21.4 Å². The van der Waals surface area contributed by atoms with Gasteiger partial charge in [0.05, 0.1) is 23.8 Å². The summed E-state index contributed by atoms with van der Waals surface area (Å²) in [4.78, 5) is 11.7. The molecule has 1 rings (SSSR count). The van der Waals surface area contributed by atoms with Gasteiger partial charge in [0, 0.05) is 19.3 Å². The molecule has 1 aromatic carbocycles. The second-order valence-electron chi connectivity index (χ2n) is 4.12. The van der Waals surface area contributed by atoms with Crippen LogP contribution in [-0.4, -0.2) is 46.9 Å².